The molecule has 2 aromatic carbocycles. The van der Waals surface area contributed by atoms with Crippen molar-refractivity contribution in [3.63, 3.8) is 0 Å². The topological polar surface area (TPSA) is 39.0 Å². The van der Waals surface area contributed by atoms with E-state index in [9.17, 15) is 0 Å². The Labute approximate surface area is 130 Å². The molecule has 112 valence electrons. The molecule has 3 rings (SSSR count). The van der Waals surface area contributed by atoms with Crippen LogP contribution in [0.15, 0.2) is 71.1 Å². The molecular weight excluding hydrogens is 274 g/mol. The fraction of sp³-hybridized carbons (Fsp3) is 0.158. The highest BCUT2D eigenvalue weighted by Crippen LogP contribution is 2.21. The monoisotopic (exact) mass is 294 g/mol. The Morgan fingerprint density at radius 3 is 2.36 bits per heavy atom. The van der Waals surface area contributed by atoms with Crippen molar-refractivity contribution >= 4 is 0 Å². The quantitative estimate of drug-likeness (QED) is 0.758. The van der Waals surface area contributed by atoms with Crippen molar-refractivity contribution in [3.05, 3.63) is 78.1 Å². The minimum Gasteiger partial charge on any atom is -0.497 e. The minimum absolute atomic E-state index is 0.832. The van der Waals surface area contributed by atoms with E-state index in [2.05, 4.69) is 29.6 Å². The number of ether oxygens (including phenoxy) is 1. The number of methoxy groups -OCH3 is 1. The average Bonchev–Trinajstić information content (AvgIpc) is 3.05. The second kappa shape index (κ2) is 6.96. The molecule has 0 atom stereocenters. The SMILES string of the molecule is COc1ccc(C[NH2+]Cc2ccc(-c3ccccc3)o2)cc1. The molecule has 0 aliphatic rings. The summed E-state index contributed by atoms with van der Waals surface area (Å²) in [6, 6.07) is 22.4. The van der Waals surface area contributed by atoms with Gasteiger partial charge in [-0.2, -0.15) is 0 Å². The summed E-state index contributed by atoms with van der Waals surface area (Å²) in [7, 11) is 1.68. The molecule has 1 aromatic heterocycles. The molecule has 2 N–H and O–H groups in total. The first-order valence-corrected chi connectivity index (χ1v) is 7.44. The summed E-state index contributed by atoms with van der Waals surface area (Å²) in [4.78, 5) is 0. The molecule has 0 spiro atoms. The number of furan rings is 1. The molecule has 3 heteroatoms. The van der Waals surface area contributed by atoms with Crippen molar-refractivity contribution in [2.75, 3.05) is 7.11 Å². The van der Waals surface area contributed by atoms with Crippen molar-refractivity contribution in [2.24, 2.45) is 0 Å². The second-order valence-corrected chi connectivity index (χ2v) is 5.18. The Morgan fingerprint density at radius 1 is 0.864 bits per heavy atom. The highest BCUT2D eigenvalue weighted by atomic mass is 16.5. The highest BCUT2D eigenvalue weighted by molar-refractivity contribution is 5.57. The van der Waals surface area contributed by atoms with Gasteiger partial charge in [0, 0.05) is 11.1 Å². The van der Waals surface area contributed by atoms with Crippen LogP contribution in [0.3, 0.4) is 0 Å². The van der Waals surface area contributed by atoms with Gasteiger partial charge in [-0.3, -0.25) is 0 Å². The Morgan fingerprint density at radius 2 is 1.64 bits per heavy atom. The van der Waals surface area contributed by atoms with Gasteiger partial charge >= 0.3 is 0 Å². The van der Waals surface area contributed by atoms with Crippen LogP contribution < -0.4 is 10.1 Å². The molecular formula is C19H20NO2+. The van der Waals surface area contributed by atoms with Crippen molar-refractivity contribution in [2.45, 2.75) is 13.1 Å². The lowest BCUT2D eigenvalue weighted by atomic mass is 10.2. The van der Waals surface area contributed by atoms with Crippen molar-refractivity contribution in [3.8, 4) is 17.1 Å². The van der Waals surface area contributed by atoms with Gasteiger partial charge in [-0.15, -0.1) is 0 Å². The lowest BCUT2D eigenvalue weighted by Gasteiger charge is -2.02. The molecule has 0 unspecified atom stereocenters. The van der Waals surface area contributed by atoms with E-state index in [1.807, 2.05) is 42.5 Å². The summed E-state index contributed by atoms with van der Waals surface area (Å²) in [6.45, 7) is 1.75. The molecule has 3 nitrogen and oxygen atoms in total. The Hall–Kier alpha value is -2.52. The molecule has 0 saturated carbocycles. The van der Waals surface area contributed by atoms with Crippen LogP contribution in [0.25, 0.3) is 11.3 Å². The number of quaternary nitrogens is 1. The third kappa shape index (κ3) is 3.57. The molecule has 0 radical (unpaired) electrons. The molecule has 0 fully saturated rings. The first-order valence-electron chi connectivity index (χ1n) is 7.44. The number of nitrogens with two attached hydrogens (primary N) is 1. The van der Waals surface area contributed by atoms with E-state index in [1.54, 1.807) is 7.11 Å². The summed E-state index contributed by atoms with van der Waals surface area (Å²) in [5, 5.41) is 2.23. The minimum atomic E-state index is 0.832. The van der Waals surface area contributed by atoms with Gasteiger partial charge in [0.05, 0.1) is 7.11 Å². The summed E-state index contributed by atoms with van der Waals surface area (Å²) in [5.41, 5.74) is 2.39. The van der Waals surface area contributed by atoms with Gasteiger partial charge in [0.2, 0.25) is 0 Å². The van der Waals surface area contributed by atoms with E-state index < -0.39 is 0 Å². The fourth-order valence-electron chi connectivity index (χ4n) is 2.39. The van der Waals surface area contributed by atoms with E-state index in [0.717, 1.165) is 35.9 Å². The van der Waals surface area contributed by atoms with E-state index in [0.29, 0.717) is 0 Å². The van der Waals surface area contributed by atoms with Crippen LogP contribution in [0.1, 0.15) is 11.3 Å². The largest absolute Gasteiger partial charge is 0.497 e. The van der Waals surface area contributed by atoms with E-state index in [-0.39, 0.29) is 0 Å². The number of hydrogen-bond acceptors (Lipinski definition) is 2. The van der Waals surface area contributed by atoms with Crippen LogP contribution in [-0.4, -0.2) is 7.11 Å². The number of benzene rings is 2. The third-order valence-electron chi connectivity index (χ3n) is 3.60. The normalized spacial score (nSPS) is 10.6. The molecule has 0 aliphatic heterocycles. The standard InChI is InChI=1S/C19H19NO2/c1-21-17-9-7-15(8-10-17)13-20-14-18-11-12-19(22-18)16-5-3-2-4-6-16/h2-12,20H,13-14H2,1H3/p+1. The fourth-order valence-corrected chi connectivity index (χ4v) is 2.39. The zero-order chi connectivity index (χ0) is 15.2. The predicted molar refractivity (Wildman–Crippen MR) is 86.5 cm³/mol. The van der Waals surface area contributed by atoms with Gasteiger partial charge in [0.1, 0.15) is 24.6 Å². The molecule has 0 amide bonds. The van der Waals surface area contributed by atoms with Gasteiger partial charge < -0.3 is 14.5 Å². The van der Waals surface area contributed by atoms with Gasteiger partial charge in [0.15, 0.2) is 5.76 Å². The predicted octanol–water partition coefficient (Wildman–Crippen LogP) is 3.22. The summed E-state index contributed by atoms with van der Waals surface area (Å²) in [6.07, 6.45) is 0. The summed E-state index contributed by atoms with van der Waals surface area (Å²) < 4.78 is 11.1. The van der Waals surface area contributed by atoms with Crippen molar-refractivity contribution in [1.29, 1.82) is 0 Å². The average molecular weight is 294 g/mol. The van der Waals surface area contributed by atoms with Gasteiger partial charge in [0.25, 0.3) is 0 Å². The zero-order valence-electron chi connectivity index (χ0n) is 12.7. The maximum Gasteiger partial charge on any atom is 0.158 e. The number of hydrogen-bond donors (Lipinski definition) is 1. The third-order valence-corrected chi connectivity index (χ3v) is 3.60. The van der Waals surface area contributed by atoms with Crippen molar-refractivity contribution < 1.29 is 14.5 Å². The molecule has 0 saturated heterocycles. The lowest BCUT2D eigenvalue weighted by Crippen LogP contribution is -2.80. The van der Waals surface area contributed by atoms with Crippen LogP contribution in [0.5, 0.6) is 5.75 Å². The molecule has 22 heavy (non-hydrogen) atoms. The van der Waals surface area contributed by atoms with Crippen LogP contribution in [0, 0.1) is 0 Å². The van der Waals surface area contributed by atoms with Crippen LogP contribution in [0.4, 0.5) is 0 Å². The van der Waals surface area contributed by atoms with Crippen LogP contribution >= 0.6 is 0 Å². The van der Waals surface area contributed by atoms with Gasteiger partial charge in [-0.1, -0.05) is 30.3 Å². The Bertz CT molecular complexity index is 702. The smallest absolute Gasteiger partial charge is 0.158 e. The second-order valence-electron chi connectivity index (χ2n) is 5.18. The molecule has 0 bridgehead atoms. The number of rotatable bonds is 6. The Balaban J connectivity index is 1.54. The van der Waals surface area contributed by atoms with E-state index in [1.165, 1.54) is 5.56 Å². The Kier molecular flexibility index (Phi) is 4.56. The first-order chi connectivity index (χ1) is 10.8. The first kappa shape index (κ1) is 14.4. The maximum atomic E-state index is 5.89. The van der Waals surface area contributed by atoms with Crippen molar-refractivity contribution in [1.82, 2.24) is 0 Å². The lowest BCUT2D eigenvalue weighted by molar-refractivity contribution is -0.687. The zero-order valence-corrected chi connectivity index (χ0v) is 12.7. The van der Waals surface area contributed by atoms with E-state index >= 15 is 0 Å². The van der Waals surface area contributed by atoms with Gasteiger partial charge in [-0.25, -0.2) is 0 Å². The van der Waals surface area contributed by atoms with Crippen LogP contribution in [-0.2, 0) is 13.1 Å². The highest BCUT2D eigenvalue weighted by Gasteiger charge is 2.05. The van der Waals surface area contributed by atoms with Crippen LogP contribution in [0.2, 0.25) is 0 Å². The summed E-state index contributed by atoms with van der Waals surface area (Å²) in [5.74, 6) is 2.81. The molecule has 1 heterocycles. The molecule has 0 aliphatic carbocycles. The van der Waals surface area contributed by atoms with E-state index in [4.69, 9.17) is 9.15 Å². The summed E-state index contributed by atoms with van der Waals surface area (Å²) >= 11 is 0. The maximum absolute atomic E-state index is 5.89. The van der Waals surface area contributed by atoms with Gasteiger partial charge in [-0.05, 0) is 36.4 Å². The molecule has 3 aromatic rings.